The van der Waals surface area contributed by atoms with Gasteiger partial charge in [0.05, 0.1) is 15.6 Å². The molecule has 6 rings (SSSR count). The molecule has 2 aromatic carbocycles. The molecule has 11 nitrogen and oxygen atoms in total. The summed E-state index contributed by atoms with van der Waals surface area (Å²) in [4.78, 5) is 52.9. The van der Waals surface area contributed by atoms with Crippen LogP contribution in [0.2, 0.25) is 0 Å². The molecule has 236 valence electrons. The van der Waals surface area contributed by atoms with E-state index in [0.29, 0.717) is 67.7 Å². The van der Waals surface area contributed by atoms with Crippen molar-refractivity contribution in [1.29, 1.82) is 0 Å². The highest BCUT2D eigenvalue weighted by Crippen LogP contribution is 2.36. The van der Waals surface area contributed by atoms with Gasteiger partial charge in [0.2, 0.25) is 11.8 Å². The zero-order chi connectivity index (χ0) is 31.6. The van der Waals surface area contributed by atoms with Crippen molar-refractivity contribution >= 4 is 61.2 Å². The number of phenolic OH excluding ortho intramolecular Hbond substituents is 1. The van der Waals surface area contributed by atoms with Crippen LogP contribution < -0.4 is 20.4 Å². The van der Waals surface area contributed by atoms with Crippen molar-refractivity contribution in [2.45, 2.75) is 30.8 Å². The van der Waals surface area contributed by atoms with Crippen molar-refractivity contribution < 1.29 is 19.5 Å². The molecule has 0 saturated carbocycles. The Morgan fingerprint density at radius 2 is 1.60 bits per heavy atom. The molecule has 45 heavy (non-hydrogen) atoms. The fourth-order valence-corrected chi connectivity index (χ4v) is 7.72. The Balaban J connectivity index is 1.15. The molecule has 3 saturated heterocycles. The smallest absolute Gasteiger partial charge is 0.318 e. The third-order valence-electron chi connectivity index (χ3n) is 8.96. The van der Waals surface area contributed by atoms with Crippen LogP contribution in [0.1, 0.15) is 18.4 Å². The first kappa shape index (κ1) is 31.2. The van der Waals surface area contributed by atoms with E-state index in [1.54, 1.807) is 28.1 Å². The summed E-state index contributed by atoms with van der Waals surface area (Å²) in [6.07, 6.45) is 2.96. The summed E-state index contributed by atoms with van der Waals surface area (Å²) in [7, 11) is 0. The van der Waals surface area contributed by atoms with Gasteiger partial charge in [0.1, 0.15) is 23.1 Å². The van der Waals surface area contributed by atoms with E-state index in [1.165, 1.54) is 0 Å². The number of halogens is 2. The molecule has 0 unspecified atom stereocenters. The van der Waals surface area contributed by atoms with Crippen LogP contribution in [0.3, 0.4) is 0 Å². The molecule has 3 N–H and O–H groups in total. The number of carbonyl (C=O) groups excluding carboxylic acids is 3. The summed E-state index contributed by atoms with van der Waals surface area (Å²) in [6.45, 7) is 3.45. The Morgan fingerprint density at radius 1 is 0.933 bits per heavy atom. The van der Waals surface area contributed by atoms with Crippen LogP contribution >= 0.6 is 31.9 Å². The number of hydrogen-bond acceptors (Lipinski definition) is 7. The molecule has 13 heteroatoms. The standard InChI is InChI=1S/C32H35Br2N7O4/c33-24-18-22(19-25(34)28(24)42)20-26(29(43)39-16-14-38(15-17-39)27-8-4-5-11-35-27)37-31(45)40-12-9-32(10-13-40)30(44)36-21-41(32)23-6-2-1-3-7-23/h1-8,11,18-19,26,42H,9-10,12-17,20-21H2,(H,36,44)(H,37,45)/t26-/m1/s1. The number of rotatable bonds is 6. The fraction of sp³-hybridized carbons (Fsp3) is 0.375. The maximum Gasteiger partial charge on any atom is 0.318 e. The number of amides is 4. The lowest BCUT2D eigenvalue weighted by atomic mass is 9.85. The highest BCUT2D eigenvalue weighted by molar-refractivity contribution is 9.11. The molecular formula is C32H35Br2N7O4. The van der Waals surface area contributed by atoms with Crippen LogP contribution in [0.25, 0.3) is 0 Å². The van der Waals surface area contributed by atoms with Crippen LogP contribution in [0.5, 0.6) is 5.75 Å². The average molecular weight is 741 g/mol. The fourth-order valence-electron chi connectivity index (χ4n) is 6.44. The first-order valence-electron chi connectivity index (χ1n) is 15.0. The van der Waals surface area contributed by atoms with Gasteiger partial charge in [0.15, 0.2) is 0 Å². The van der Waals surface area contributed by atoms with E-state index >= 15 is 0 Å². The Labute approximate surface area is 278 Å². The number of urea groups is 1. The summed E-state index contributed by atoms with van der Waals surface area (Å²) < 4.78 is 0.986. The van der Waals surface area contributed by atoms with Gasteiger partial charge in [-0.15, -0.1) is 0 Å². The van der Waals surface area contributed by atoms with Gasteiger partial charge in [-0.3, -0.25) is 9.59 Å². The molecule has 0 radical (unpaired) electrons. The minimum Gasteiger partial charge on any atom is -0.506 e. The van der Waals surface area contributed by atoms with Gasteiger partial charge in [-0.05, 0) is 86.7 Å². The maximum atomic E-state index is 14.0. The predicted molar refractivity (Wildman–Crippen MR) is 178 cm³/mol. The van der Waals surface area contributed by atoms with Crippen LogP contribution in [-0.2, 0) is 16.0 Å². The minimum atomic E-state index is -0.825. The molecular weight excluding hydrogens is 706 g/mol. The van der Waals surface area contributed by atoms with Gasteiger partial charge in [0, 0.05) is 57.6 Å². The second-order valence-electron chi connectivity index (χ2n) is 11.6. The van der Waals surface area contributed by atoms with Gasteiger partial charge >= 0.3 is 6.03 Å². The number of carbonyl (C=O) groups is 3. The number of hydrogen-bond donors (Lipinski definition) is 3. The highest BCUT2D eigenvalue weighted by atomic mass is 79.9. The number of likely N-dealkylation sites (tertiary alicyclic amines) is 1. The number of para-hydroxylation sites is 1. The van der Waals surface area contributed by atoms with Crippen molar-refractivity contribution in [2.24, 2.45) is 0 Å². The van der Waals surface area contributed by atoms with Crippen LogP contribution in [0.15, 0.2) is 75.8 Å². The van der Waals surface area contributed by atoms with Gasteiger partial charge in [-0.2, -0.15) is 0 Å². The van der Waals surface area contributed by atoms with E-state index in [9.17, 15) is 19.5 Å². The number of piperazine rings is 1. The van der Waals surface area contributed by atoms with Gasteiger partial charge in [-0.25, -0.2) is 9.78 Å². The van der Waals surface area contributed by atoms with Crippen molar-refractivity contribution in [3.05, 3.63) is 81.4 Å². The van der Waals surface area contributed by atoms with E-state index in [4.69, 9.17) is 0 Å². The van der Waals surface area contributed by atoms with Crippen molar-refractivity contribution in [1.82, 2.24) is 25.4 Å². The molecule has 0 bridgehead atoms. The molecule has 4 amide bonds. The predicted octanol–water partition coefficient (Wildman–Crippen LogP) is 3.71. The molecule has 3 aliphatic rings. The third kappa shape index (κ3) is 6.46. The summed E-state index contributed by atoms with van der Waals surface area (Å²) in [5, 5.41) is 16.2. The van der Waals surface area contributed by atoms with Crippen LogP contribution in [-0.4, -0.2) is 95.3 Å². The Hall–Kier alpha value is -3.84. The minimum absolute atomic E-state index is 0.0206. The lowest BCUT2D eigenvalue weighted by Gasteiger charge is -2.43. The highest BCUT2D eigenvalue weighted by Gasteiger charge is 2.51. The number of piperidine rings is 1. The second kappa shape index (κ2) is 13.3. The number of aromatic hydroxyl groups is 1. The number of nitrogens with one attached hydrogen (secondary N) is 2. The molecule has 1 aromatic heterocycles. The van der Waals surface area contributed by atoms with E-state index in [1.807, 2.05) is 48.5 Å². The zero-order valence-corrected chi connectivity index (χ0v) is 27.8. The van der Waals surface area contributed by atoms with E-state index in [-0.39, 0.29) is 30.0 Å². The number of benzene rings is 2. The van der Waals surface area contributed by atoms with E-state index < -0.39 is 11.6 Å². The first-order valence-corrected chi connectivity index (χ1v) is 16.6. The van der Waals surface area contributed by atoms with Crippen molar-refractivity contribution in [2.75, 3.05) is 55.7 Å². The molecule has 0 aliphatic carbocycles. The normalized spacial score (nSPS) is 18.6. The lowest BCUT2D eigenvalue weighted by Crippen LogP contribution is -2.61. The number of aromatic nitrogens is 1. The van der Waals surface area contributed by atoms with Gasteiger partial charge in [-0.1, -0.05) is 24.3 Å². The maximum absolute atomic E-state index is 14.0. The topological polar surface area (TPSA) is 121 Å². The first-order chi connectivity index (χ1) is 21.7. The van der Waals surface area contributed by atoms with Crippen molar-refractivity contribution in [3.63, 3.8) is 0 Å². The Bertz CT molecular complexity index is 1520. The largest absolute Gasteiger partial charge is 0.506 e. The SMILES string of the molecule is O=C(N[C@H](Cc1cc(Br)c(O)c(Br)c1)C(=O)N1CCN(c2ccccn2)CC1)N1CCC2(CC1)C(=O)NCN2c1ccccc1. The number of pyridine rings is 1. The number of nitrogens with zero attached hydrogens (tertiary/aromatic N) is 5. The monoisotopic (exact) mass is 739 g/mol. The Morgan fingerprint density at radius 3 is 2.24 bits per heavy atom. The van der Waals surface area contributed by atoms with Crippen LogP contribution in [0.4, 0.5) is 16.3 Å². The summed E-state index contributed by atoms with van der Waals surface area (Å²) >= 11 is 6.76. The number of anilines is 2. The molecule has 4 heterocycles. The third-order valence-corrected chi connectivity index (χ3v) is 10.2. The summed E-state index contributed by atoms with van der Waals surface area (Å²) in [5.41, 5.74) is 1.02. The molecule has 3 aliphatic heterocycles. The molecule has 1 atom stereocenters. The van der Waals surface area contributed by atoms with Gasteiger partial charge in [0.25, 0.3) is 0 Å². The molecule has 1 spiro atoms. The molecule has 3 fully saturated rings. The number of phenols is 1. The summed E-state index contributed by atoms with van der Waals surface area (Å²) in [6, 6.07) is 18.0. The van der Waals surface area contributed by atoms with Crippen LogP contribution in [0, 0.1) is 0 Å². The zero-order valence-electron chi connectivity index (χ0n) is 24.7. The van der Waals surface area contributed by atoms with E-state index in [2.05, 4.69) is 57.3 Å². The lowest BCUT2D eigenvalue weighted by molar-refractivity contribution is -0.133. The quantitative estimate of drug-likeness (QED) is 0.353. The molecule has 3 aromatic rings. The van der Waals surface area contributed by atoms with Crippen molar-refractivity contribution in [3.8, 4) is 5.75 Å². The Kier molecular flexibility index (Phi) is 9.18. The van der Waals surface area contributed by atoms with E-state index in [0.717, 1.165) is 17.1 Å². The second-order valence-corrected chi connectivity index (χ2v) is 13.3. The summed E-state index contributed by atoms with van der Waals surface area (Å²) in [5.74, 6) is 0.757. The van der Waals surface area contributed by atoms with Gasteiger partial charge < -0.3 is 35.3 Å². The average Bonchev–Trinajstić information content (AvgIpc) is 3.38.